The average Bonchev–Trinajstić information content (AvgIpc) is 1.60. The summed E-state index contributed by atoms with van der Waals surface area (Å²) in [5, 5.41) is 0. The van der Waals surface area contributed by atoms with Crippen LogP contribution in [0.5, 0.6) is 0 Å². The minimum Gasteiger partial charge on any atom is -0.368 e. The molecular weight excluding hydrogens is 112 g/mol. The summed E-state index contributed by atoms with van der Waals surface area (Å²) in [5.74, 6) is 0. The van der Waals surface area contributed by atoms with Crippen LogP contribution in [0.3, 0.4) is 0 Å². The van der Waals surface area contributed by atoms with Crippen molar-refractivity contribution in [1.29, 1.82) is 0 Å². The molecule has 0 saturated carbocycles. The van der Waals surface area contributed by atoms with Crippen molar-refractivity contribution < 1.29 is 4.74 Å². The van der Waals surface area contributed by atoms with Crippen LogP contribution in [-0.2, 0) is 4.74 Å². The summed E-state index contributed by atoms with van der Waals surface area (Å²) in [6, 6.07) is 0. The molecule has 1 nitrogen and oxygen atoms in total. The van der Waals surface area contributed by atoms with E-state index >= 15 is 0 Å². The van der Waals surface area contributed by atoms with Gasteiger partial charge in [0, 0.05) is 0 Å². The lowest BCUT2D eigenvalue weighted by atomic mass is 10.0. The van der Waals surface area contributed by atoms with Crippen LogP contribution in [0.1, 0.15) is 27.2 Å². The van der Waals surface area contributed by atoms with E-state index < -0.39 is 0 Å². The van der Waals surface area contributed by atoms with Crippen LogP contribution in [0, 0.1) is 0 Å². The maximum atomic E-state index is 5.59. The Morgan fingerprint density at radius 2 is 2.22 bits per heavy atom. The van der Waals surface area contributed by atoms with Crippen molar-refractivity contribution >= 4 is 0 Å². The van der Waals surface area contributed by atoms with Gasteiger partial charge >= 0.3 is 0 Å². The SMILES string of the molecule is CC1CC=CC(C)(C)O1. The molecule has 1 rings (SSSR count). The highest BCUT2D eigenvalue weighted by Crippen LogP contribution is 2.20. The van der Waals surface area contributed by atoms with E-state index in [0.717, 1.165) is 6.42 Å². The van der Waals surface area contributed by atoms with Crippen molar-refractivity contribution in [3.05, 3.63) is 12.2 Å². The summed E-state index contributed by atoms with van der Waals surface area (Å²) >= 11 is 0. The molecule has 1 atom stereocenters. The van der Waals surface area contributed by atoms with Gasteiger partial charge in [0.05, 0.1) is 11.7 Å². The summed E-state index contributed by atoms with van der Waals surface area (Å²) in [7, 11) is 0. The topological polar surface area (TPSA) is 9.23 Å². The molecule has 0 saturated heterocycles. The second-order valence-corrected chi connectivity index (χ2v) is 3.17. The summed E-state index contributed by atoms with van der Waals surface area (Å²) in [6.45, 7) is 6.27. The van der Waals surface area contributed by atoms with Crippen molar-refractivity contribution in [2.45, 2.75) is 38.9 Å². The molecule has 1 aliphatic rings. The Kier molecular flexibility index (Phi) is 1.62. The summed E-state index contributed by atoms with van der Waals surface area (Å²) in [4.78, 5) is 0. The maximum absolute atomic E-state index is 5.59. The molecule has 9 heavy (non-hydrogen) atoms. The highest BCUT2D eigenvalue weighted by molar-refractivity contribution is 5.01. The van der Waals surface area contributed by atoms with Gasteiger partial charge in [-0.3, -0.25) is 0 Å². The van der Waals surface area contributed by atoms with E-state index in [9.17, 15) is 0 Å². The summed E-state index contributed by atoms with van der Waals surface area (Å²) < 4.78 is 5.59. The molecule has 0 fully saturated rings. The third-order valence-electron chi connectivity index (χ3n) is 1.49. The van der Waals surface area contributed by atoms with Crippen LogP contribution in [0.15, 0.2) is 12.2 Å². The molecule has 0 N–H and O–H groups in total. The lowest BCUT2D eigenvalue weighted by Crippen LogP contribution is -2.29. The van der Waals surface area contributed by atoms with Crippen LogP contribution >= 0.6 is 0 Å². The Morgan fingerprint density at radius 1 is 1.56 bits per heavy atom. The standard InChI is InChI=1S/C8H14O/c1-7-5-4-6-8(2,3)9-7/h4,6-7H,5H2,1-3H3. The van der Waals surface area contributed by atoms with Crippen LogP contribution in [-0.4, -0.2) is 11.7 Å². The zero-order chi connectivity index (χ0) is 6.91. The quantitative estimate of drug-likeness (QED) is 0.452. The predicted molar refractivity (Wildman–Crippen MR) is 38.4 cm³/mol. The van der Waals surface area contributed by atoms with Gasteiger partial charge in [-0.05, 0) is 27.2 Å². The van der Waals surface area contributed by atoms with Crippen LogP contribution in [0.2, 0.25) is 0 Å². The van der Waals surface area contributed by atoms with Gasteiger partial charge in [-0.1, -0.05) is 12.2 Å². The van der Waals surface area contributed by atoms with E-state index in [1.807, 2.05) is 0 Å². The molecule has 1 unspecified atom stereocenters. The zero-order valence-corrected chi connectivity index (χ0v) is 6.35. The predicted octanol–water partition coefficient (Wildman–Crippen LogP) is 2.13. The van der Waals surface area contributed by atoms with Crippen molar-refractivity contribution in [1.82, 2.24) is 0 Å². The lowest BCUT2D eigenvalue weighted by Gasteiger charge is -2.29. The monoisotopic (exact) mass is 126 g/mol. The van der Waals surface area contributed by atoms with Crippen LogP contribution in [0.4, 0.5) is 0 Å². The number of rotatable bonds is 0. The average molecular weight is 126 g/mol. The normalized spacial score (nSPS) is 32.6. The molecule has 0 aromatic carbocycles. The van der Waals surface area contributed by atoms with Gasteiger partial charge in [-0.25, -0.2) is 0 Å². The van der Waals surface area contributed by atoms with Crippen LogP contribution < -0.4 is 0 Å². The number of hydrogen-bond donors (Lipinski definition) is 0. The molecule has 0 radical (unpaired) electrons. The fourth-order valence-corrected chi connectivity index (χ4v) is 1.15. The van der Waals surface area contributed by atoms with Gasteiger partial charge in [0.2, 0.25) is 0 Å². The molecule has 0 amide bonds. The Labute approximate surface area is 56.7 Å². The van der Waals surface area contributed by atoms with Crippen LogP contribution in [0.25, 0.3) is 0 Å². The van der Waals surface area contributed by atoms with Gasteiger partial charge in [0.1, 0.15) is 0 Å². The van der Waals surface area contributed by atoms with E-state index in [1.54, 1.807) is 0 Å². The number of ether oxygens (including phenoxy) is 1. The minimum atomic E-state index is -0.0301. The molecular formula is C8H14O. The highest BCUT2D eigenvalue weighted by atomic mass is 16.5. The first-order chi connectivity index (χ1) is 4.10. The van der Waals surface area contributed by atoms with Crippen molar-refractivity contribution in [3.63, 3.8) is 0 Å². The molecule has 0 bridgehead atoms. The van der Waals surface area contributed by atoms with Gasteiger partial charge in [0.15, 0.2) is 0 Å². The Morgan fingerprint density at radius 3 is 2.56 bits per heavy atom. The van der Waals surface area contributed by atoms with Crippen molar-refractivity contribution in [3.8, 4) is 0 Å². The molecule has 52 valence electrons. The third-order valence-corrected chi connectivity index (χ3v) is 1.49. The molecule has 0 aromatic heterocycles. The zero-order valence-electron chi connectivity index (χ0n) is 6.35. The van der Waals surface area contributed by atoms with E-state index in [4.69, 9.17) is 4.74 Å². The van der Waals surface area contributed by atoms with E-state index in [2.05, 4.69) is 32.9 Å². The molecule has 0 aromatic rings. The fourth-order valence-electron chi connectivity index (χ4n) is 1.15. The van der Waals surface area contributed by atoms with E-state index in [1.165, 1.54) is 0 Å². The van der Waals surface area contributed by atoms with Crippen molar-refractivity contribution in [2.24, 2.45) is 0 Å². The third kappa shape index (κ3) is 1.83. The number of hydrogen-bond acceptors (Lipinski definition) is 1. The molecule has 1 heterocycles. The highest BCUT2D eigenvalue weighted by Gasteiger charge is 2.20. The second kappa shape index (κ2) is 2.14. The first-order valence-electron chi connectivity index (χ1n) is 3.46. The largest absolute Gasteiger partial charge is 0.368 e. The lowest BCUT2D eigenvalue weighted by molar-refractivity contribution is -0.0387. The molecule has 0 aliphatic carbocycles. The molecule has 1 heteroatoms. The first kappa shape index (κ1) is 6.81. The van der Waals surface area contributed by atoms with E-state index in [0.29, 0.717) is 6.10 Å². The van der Waals surface area contributed by atoms with Gasteiger partial charge < -0.3 is 4.74 Å². The fraction of sp³-hybridized carbons (Fsp3) is 0.750. The van der Waals surface area contributed by atoms with E-state index in [-0.39, 0.29) is 5.60 Å². The first-order valence-corrected chi connectivity index (χ1v) is 3.46. The smallest absolute Gasteiger partial charge is 0.0810 e. The maximum Gasteiger partial charge on any atom is 0.0810 e. The second-order valence-electron chi connectivity index (χ2n) is 3.17. The van der Waals surface area contributed by atoms with Gasteiger partial charge in [-0.15, -0.1) is 0 Å². The summed E-state index contributed by atoms with van der Waals surface area (Å²) in [6.07, 6.45) is 5.76. The summed E-state index contributed by atoms with van der Waals surface area (Å²) in [5.41, 5.74) is -0.0301. The molecule has 1 aliphatic heterocycles. The Bertz CT molecular complexity index is 125. The Balaban J connectivity index is 2.60. The Hall–Kier alpha value is -0.300. The van der Waals surface area contributed by atoms with Gasteiger partial charge in [0.25, 0.3) is 0 Å². The van der Waals surface area contributed by atoms with Gasteiger partial charge in [-0.2, -0.15) is 0 Å². The molecule has 0 spiro atoms. The van der Waals surface area contributed by atoms with Crippen molar-refractivity contribution in [2.75, 3.05) is 0 Å². The minimum absolute atomic E-state index is 0.0301.